The number of carbonyl (C=O) groups excluding carboxylic acids is 1. The van der Waals surface area contributed by atoms with Crippen molar-refractivity contribution in [3.63, 3.8) is 0 Å². The zero-order valence-corrected chi connectivity index (χ0v) is 12.5. The number of aromatic carboxylic acids is 1. The molecular formula is C16H22N2O3. The lowest BCUT2D eigenvalue weighted by atomic mass is 10.1. The third kappa shape index (κ3) is 4.04. The molecule has 2 atom stereocenters. The van der Waals surface area contributed by atoms with E-state index in [2.05, 4.69) is 24.1 Å². The molecule has 114 valence electrons. The van der Waals surface area contributed by atoms with Gasteiger partial charge in [0.25, 0.3) is 0 Å². The Hall–Kier alpha value is -1.88. The Morgan fingerprint density at radius 2 is 1.76 bits per heavy atom. The van der Waals surface area contributed by atoms with E-state index in [1.54, 1.807) is 24.3 Å². The molecule has 1 amide bonds. The van der Waals surface area contributed by atoms with Gasteiger partial charge in [0.1, 0.15) is 0 Å². The quantitative estimate of drug-likeness (QED) is 0.868. The van der Waals surface area contributed by atoms with E-state index in [1.165, 1.54) is 0 Å². The maximum absolute atomic E-state index is 12.0. The molecule has 2 unspecified atom stereocenters. The molecule has 1 aliphatic rings. The molecule has 5 heteroatoms. The Kier molecular flexibility index (Phi) is 4.96. The highest BCUT2D eigenvalue weighted by atomic mass is 16.4. The monoisotopic (exact) mass is 290 g/mol. The molecule has 1 aromatic carbocycles. The van der Waals surface area contributed by atoms with Gasteiger partial charge < -0.3 is 10.4 Å². The maximum atomic E-state index is 12.0. The SMILES string of the molecule is CC1CCC(C)N1CC(=O)NCc1ccc(C(=O)O)cc1. The van der Waals surface area contributed by atoms with Crippen LogP contribution in [0.25, 0.3) is 0 Å². The van der Waals surface area contributed by atoms with Gasteiger partial charge in [-0.15, -0.1) is 0 Å². The van der Waals surface area contributed by atoms with Crippen LogP contribution in [0.15, 0.2) is 24.3 Å². The van der Waals surface area contributed by atoms with Crippen molar-refractivity contribution in [2.24, 2.45) is 0 Å². The number of nitrogens with zero attached hydrogens (tertiary/aromatic N) is 1. The van der Waals surface area contributed by atoms with Crippen LogP contribution in [0.5, 0.6) is 0 Å². The molecule has 1 fully saturated rings. The molecule has 1 heterocycles. The topological polar surface area (TPSA) is 69.6 Å². The van der Waals surface area contributed by atoms with Crippen LogP contribution in [0.2, 0.25) is 0 Å². The highest BCUT2D eigenvalue weighted by Gasteiger charge is 2.28. The third-order valence-corrected chi connectivity index (χ3v) is 4.15. The van der Waals surface area contributed by atoms with E-state index in [9.17, 15) is 9.59 Å². The second-order valence-electron chi connectivity index (χ2n) is 5.73. The fourth-order valence-electron chi connectivity index (χ4n) is 2.75. The molecule has 0 spiro atoms. The van der Waals surface area contributed by atoms with Gasteiger partial charge in [0, 0.05) is 18.6 Å². The Morgan fingerprint density at radius 1 is 1.19 bits per heavy atom. The maximum Gasteiger partial charge on any atom is 0.335 e. The van der Waals surface area contributed by atoms with E-state index in [4.69, 9.17) is 5.11 Å². The van der Waals surface area contributed by atoms with Crippen molar-refractivity contribution in [3.8, 4) is 0 Å². The van der Waals surface area contributed by atoms with Crippen LogP contribution in [-0.4, -0.2) is 40.5 Å². The second-order valence-corrected chi connectivity index (χ2v) is 5.73. The molecule has 21 heavy (non-hydrogen) atoms. The van der Waals surface area contributed by atoms with Crippen LogP contribution < -0.4 is 5.32 Å². The number of hydrogen-bond donors (Lipinski definition) is 2. The van der Waals surface area contributed by atoms with E-state index in [1.807, 2.05) is 0 Å². The van der Waals surface area contributed by atoms with E-state index < -0.39 is 5.97 Å². The zero-order chi connectivity index (χ0) is 15.4. The largest absolute Gasteiger partial charge is 0.478 e. The number of amides is 1. The molecule has 1 aromatic rings. The number of nitrogens with one attached hydrogen (secondary N) is 1. The average molecular weight is 290 g/mol. The lowest BCUT2D eigenvalue weighted by molar-refractivity contribution is -0.123. The van der Waals surface area contributed by atoms with Gasteiger partial charge in [-0.05, 0) is 44.4 Å². The van der Waals surface area contributed by atoms with Crippen LogP contribution in [-0.2, 0) is 11.3 Å². The fraction of sp³-hybridized carbons (Fsp3) is 0.500. The molecule has 2 rings (SSSR count). The molecule has 1 saturated heterocycles. The van der Waals surface area contributed by atoms with Crippen molar-refractivity contribution in [1.82, 2.24) is 10.2 Å². The van der Waals surface area contributed by atoms with Gasteiger partial charge in [-0.2, -0.15) is 0 Å². The normalized spacial score (nSPS) is 22.2. The first-order valence-electron chi connectivity index (χ1n) is 7.32. The zero-order valence-electron chi connectivity index (χ0n) is 12.5. The fourth-order valence-corrected chi connectivity index (χ4v) is 2.75. The Bertz CT molecular complexity index is 503. The van der Waals surface area contributed by atoms with E-state index in [0.717, 1.165) is 18.4 Å². The molecule has 0 aromatic heterocycles. The lowest BCUT2D eigenvalue weighted by Gasteiger charge is -2.25. The molecule has 2 N–H and O–H groups in total. The molecular weight excluding hydrogens is 268 g/mol. The summed E-state index contributed by atoms with van der Waals surface area (Å²) in [6.45, 7) is 5.16. The van der Waals surface area contributed by atoms with Gasteiger partial charge >= 0.3 is 5.97 Å². The molecule has 0 radical (unpaired) electrons. The lowest BCUT2D eigenvalue weighted by Crippen LogP contribution is -2.41. The van der Waals surface area contributed by atoms with Gasteiger partial charge in [0.15, 0.2) is 0 Å². The first kappa shape index (κ1) is 15.5. The van der Waals surface area contributed by atoms with Crippen molar-refractivity contribution >= 4 is 11.9 Å². The number of carbonyl (C=O) groups is 2. The van der Waals surface area contributed by atoms with Crippen LogP contribution in [0.4, 0.5) is 0 Å². The smallest absolute Gasteiger partial charge is 0.335 e. The minimum Gasteiger partial charge on any atom is -0.478 e. The predicted molar refractivity (Wildman–Crippen MR) is 80.1 cm³/mol. The highest BCUT2D eigenvalue weighted by molar-refractivity contribution is 5.87. The third-order valence-electron chi connectivity index (χ3n) is 4.15. The van der Waals surface area contributed by atoms with Crippen molar-refractivity contribution < 1.29 is 14.7 Å². The van der Waals surface area contributed by atoms with Crippen molar-refractivity contribution in [2.45, 2.75) is 45.3 Å². The summed E-state index contributed by atoms with van der Waals surface area (Å²) in [6.07, 6.45) is 2.29. The molecule has 0 bridgehead atoms. The van der Waals surface area contributed by atoms with Crippen molar-refractivity contribution in [1.29, 1.82) is 0 Å². The standard InChI is InChI=1S/C16H22N2O3/c1-11-3-4-12(2)18(11)10-15(19)17-9-13-5-7-14(8-6-13)16(20)21/h5-8,11-12H,3-4,9-10H2,1-2H3,(H,17,19)(H,20,21). The number of hydrogen-bond acceptors (Lipinski definition) is 3. The highest BCUT2D eigenvalue weighted by Crippen LogP contribution is 2.22. The van der Waals surface area contributed by atoms with E-state index in [-0.39, 0.29) is 11.5 Å². The number of carboxylic acids is 1. The number of likely N-dealkylation sites (tertiary alicyclic amines) is 1. The summed E-state index contributed by atoms with van der Waals surface area (Å²) in [4.78, 5) is 25.0. The van der Waals surface area contributed by atoms with E-state index >= 15 is 0 Å². The Morgan fingerprint density at radius 3 is 2.29 bits per heavy atom. The van der Waals surface area contributed by atoms with Crippen LogP contribution >= 0.6 is 0 Å². The molecule has 1 aliphatic heterocycles. The summed E-state index contributed by atoms with van der Waals surface area (Å²) < 4.78 is 0. The van der Waals surface area contributed by atoms with Gasteiger partial charge in [0.2, 0.25) is 5.91 Å². The summed E-state index contributed by atoms with van der Waals surface area (Å²) in [5.41, 5.74) is 1.15. The minimum absolute atomic E-state index is 0.0120. The van der Waals surface area contributed by atoms with E-state index in [0.29, 0.717) is 25.2 Å². The first-order chi connectivity index (χ1) is 9.97. The van der Waals surface area contributed by atoms with Crippen molar-refractivity contribution in [3.05, 3.63) is 35.4 Å². The van der Waals surface area contributed by atoms with Gasteiger partial charge in [-0.3, -0.25) is 9.69 Å². The summed E-state index contributed by atoms with van der Waals surface area (Å²) in [7, 11) is 0. The van der Waals surface area contributed by atoms with Crippen LogP contribution in [0.3, 0.4) is 0 Å². The number of rotatable bonds is 5. The first-order valence-corrected chi connectivity index (χ1v) is 7.32. The molecule has 0 aliphatic carbocycles. The summed E-state index contributed by atoms with van der Waals surface area (Å²) in [5, 5.41) is 11.7. The summed E-state index contributed by atoms with van der Waals surface area (Å²) in [6, 6.07) is 7.47. The Balaban J connectivity index is 1.82. The summed E-state index contributed by atoms with van der Waals surface area (Å²) in [5.74, 6) is -0.930. The average Bonchev–Trinajstić information content (AvgIpc) is 2.77. The van der Waals surface area contributed by atoms with Crippen LogP contribution in [0.1, 0.15) is 42.6 Å². The predicted octanol–water partition coefficient (Wildman–Crippen LogP) is 1.87. The minimum atomic E-state index is -0.942. The van der Waals surface area contributed by atoms with Gasteiger partial charge in [-0.25, -0.2) is 4.79 Å². The van der Waals surface area contributed by atoms with Gasteiger partial charge in [-0.1, -0.05) is 12.1 Å². The number of carboxylic acid groups (broad SMARTS) is 1. The van der Waals surface area contributed by atoms with Crippen molar-refractivity contribution in [2.75, 3.05) is 6.54 Å². The second kappa shape index (κ2) is 6.72. The molecule has 5 nitrogen and oxygen atoms in total. The molecule has 0 saturated carbocycles. The van der Waals surface area contributed by atoms with Gasteiger partial charge in [0.05, 0.1) is 12.1 Å². The number of benzene rings is 1. The summed E-state index contributed by atoms with van der Waals surface area (Å²) >= 11 is 0. The van der Waals surface area contributed by atoms with Crippen LogP contribution in [0, 0.1) is 0 Å². The Labute approximate surface area is 125 Å².